The number of nitro benzene ring substituents is 1. The van der Waals surface area contributed by atoms with Gasteiger partial charge in [-0.15, -0.1) is 0 Å². The number of rotatable bonds is 5. The van der Waals surface area contributed by atoms with Gasteiger partial charge >= 0.3 is 5.97 Å². The number of benzene rings is 1. The van der Waals surface area contributed by atoms with Crippen LogP contribution in [-0.4, -0.2) is 20.2 Å². The van der Waals surface area contributed by atoms with Crippen molar-refractivity contribution in [2.75, 3.05) is 0 Å². The van der Waals surface area contributed by atoms with E-state index < -0.39 is 10.9 Å². The summed E-state index contributed by atoms with van der Waals surface area (Å²) in [6.45, 7) is 5.25. The maximum Gasteiger partial charge on any atom is 0.304 e. The first-order valence-electron chi connectivity index (χ1n) is 6.27. The van der Waals surface area contributed by atoms with Gasteiger partial charge in [-0.1, -0.05) is 20.8 Å². The topological polar surface area (TPSA) is 104 Å². The Kier molecular flexibility index (Phi) is 4.62. The van der Waals surface area contributed by atoms with Crippen molar-refractivity contribution in [2.24, 2.45) is 0 Å². The highest BCUT2D eigenvalue weighted by Crippen LogP contribution is 2.34. The summed E-state index contributed by atoms with van der Waals surface area (Å²) in [5.41, 5.74) is 1.18. The number of aryl methyl sites for hydroxylation is 1. The lowest BCUT2D eigenvalue weighted by Gasteiger charge is -2.22. The second kappa shape index (κ2) is 5.64. The minimum absolute atomic E-state index is 0.00912. The van der Waals surface area contributed by atoms with Crippen LogP contribution in [0.2, 0.25) is 0 Å². The largest absolute Gasteiger partial charge is 0.340 e. The molecule has 0 radical (unpaired) electrons. The molecule has 3 N–H and O–H groups in total. The summed E-state index contributed by atoms with van der Waals surface area (Å²) in [6, 6.07) is 1.30. The lowest BCUT2D eigenvalue weighted by molar-refractivity contribution is -0.386. The summed E-state index contributed by atoms with van der Waals surface area (Å²) in [5.74, 6) is -2.98. The minimum Gasteiger partial charge on any atom is -0.340 e. The highest BCUT2D eigenvalue weighted by Gasteiger charge is 2.31. The van der Waals surface area contributed by atoms with Crippen molar-refractivity contribution in [3.05, 3.63) is 38.4 Å². The quantitative estimate of drug-likeness (QED) is 0.425. The first-order valence-corrected chi connectivity index (χ1v) is 6.27. The van der Waals surface area contributed by atoms with Crippen molar-refractivity contribution in [3.63, 3.8) is 0 Å². The summed E-state index contributed by atoms with van der Waals surface area (Å²) in [6.07, 6.45) is 1.12. The van der Waals surface area contributed by atoms with Crippen molar-refractivity contribution in [3.8, 4) is 0 Å². The first kappa shape index (κ1) is 15.6. The fraction of sp³-hybridized carbons (Fsp3) is 0.538. The molecule has 0 aliphatic carbocycles. The van der Waals surface area contributed by atoms with Crippen molar-refractivity contribution in [1.82, 2.24) is 0 Å². The van der Waals surface area contributed by atoms with Gasteiger partial charge in [0.25, 0.3) is 5.69 Å². The molecule has 0 aliphatic heterocycles. The smallest absolute Gasteiger partial charge is 0.304 e. The molecule has 6 heteroatoms. The predicted octanol–water partition coefficient (Wildman–Crippen LogP) is 1.37. The molecule has 0 bridgehead atoms. The Morgan fingerprint density at radius 2 is 1.63 bits per heavy atom. The SMILES string of the molecule is CCc1cc(C(O)(O)O)c(CC)c(CC)c1[N+](=O)[O-]. The van der Waals surface area contributed by atoms with E-state index >= 15 is 0 Å². The predicted molar refractivity (Wildman–Crippen MR) is 69.6 cm³/mol. The fourth-order valence-corrected chi connectivity index (χ4v) is 2.41. The number of nitro groups is 1. The second-order valence-electron chi connectivity index (χ2n) is 4.34. The van der Waals surface area contributed by atoms with Gasteiger partial charge in [0.05, 0.1) is 4.92 Å². The van der Waals surface area contributed by atoms with Gasteiger partial charge in [0.2, 0.25) is 0 Å². The van der Waals surface area contributed by atoms with Crippen LogP contribution in [0.3, 0.4) is 0 Å². The highest BCUT2D eigenvalue weighted by atomic mass is 16.7. The van der Waals surface area contributed by atoms with E-state index in [9.17, 15) is 25.4 Å². The molecular weight excluding hydrogens is 250 g/mol. The molecule has 0 atom stereocenters. The molecule has 0 saturated carbocycles. The lowest BCUT2D eigenvalue weighted by Crippen LogP contribution is -2.27. The van der Waals surface area contributed by atoms with E-state index in [1.54, 1.807) is 20.8 Å². The Hall–Kier alpha value is -1.50. The molecule has 1 rings (SSSR count). The molecule has 1 aromatic rings. The van der Waals surface area contributed by atoms with Crippen molar-refractivity contribution in [2.45, 2.75) is 46.0 Å². The van der Waals surface area contributed by atoms with Gasteiger partial charge in [0, 0.05) is 16.7 Å². The van der Waals surface area contributed by atoms with Gasteiger partial charge in [-0.2, -0.15) is 0 Å². The summed E-state index contributed by atoms with van der Waals surface area (Å²) < 4.78 is 0. The molecule has 19 heavy (non-hydrogen) atoms. The zero-order chi connectivity index (χ0) is 14.8. The zero-order valence-corrected chi connectivity index (χ0v) is 11.3. The third-order valence-corrected chi connectivity index (χ3v) is 3.23. The zero-order valence-electron chi connectivity index (χ0n) is 11.3. The van der Waals surface area contributed by atoms with Crippen LogP contribution in [0.5, 0.6) is 0 Å². The average molecular weight is 269 g/mol. The van der Waals surface area contributed by atoms with Gasteiger partial charge < -0.3 is 15.3 Å². The van der Waals surface area contributed by atoms with Crippen LogP contribution in [0.4, 0.5) is 5.69 Å². The van der Waals surface area contributed by atoms with Crippen LogP contribution in [0.25, 0.3) is 0 Å². The van der Waals surface area contributed by atoms with Gasteiger partial charge in [-0.25, -0.2) is 0 Å². The van der Waals surface area contributed by atoms with E-state index in [2.05, 4.69) is 0 Å². The average Bonchev–Trinajstić information content (AvgIpc) is 2.34. The highest BCUT2D eigenvalue weighted by molar-refractivity contribution is 5.56. The molecule has 0 aromatic heterocycles. The molecule has 0 amide bonds. The molecule has 0 spiro atoms. The number of aliphatic hydroxyl groups is 3. The molecule has 6 nitrogen and oxygen atoms in total. The van der Waals surface area contributed by atoms with Gasteiger partial charge in [0.1, 0.15) is 0 Å². The Balaban J connectivity index is 3.76. The second-order valence-corrected chi connectivity index (χ2v) is 4.34. The monoisotopic (exact) mass is 269 g/mol. The Labute approximate surface area is 111 Å². The van der Waals surface area contributed by atoms with Crippen LogP contribution < -0.4 is 0 Å². The van der Waals surface area contributed by atoms with E-state index in [-0.39, 0.29) is 11.3 Å². The molecule has 106 valence electrons. The summed E-state index contributed by atoms with van der Waals surface area (Å²) in [7, 11) is 0. The van der Waals surface area contributed by atoms with Crippen LogP contribution in [0, 0.1) is 10.1 Å². The van der Waals surface area contributed by atoms with Crippen LogP contribution in [0.1, 0.15) is 43.0 Å². The van der Waals surface area contributed by atoms with E-state index in [1.807, 2.05) is 0 Å². The van der Waals surface area contributed by atoms with Crippen LogP contribution in [0.15, 0.2) is 6.07 Å². The molecule has 1 aromatic carbocycles. The third kappa shape index (κ3) is 2.91. The molecule has 0 unspecified atom stereocenters. The van der Waals surface area contributed by atoms with Crippen molar-refractivity contribution in [1.29, 1.82) is 0 Å². The maximum absolute atomic E-state index is 11.2. The Morgan fingerprint density at radius 1 is 1.11 bits per heavy atom. The molecule has 0 saturated heterocycles. The van der Waals surface area contributed by atoms with Crippen molar-refractivity contribution >= 4 is 5.69 Å². The van der Waals surface area contributed by atoms with Gasteiger partial charge in [-0.3, -0.25) is 10.1 Å². The molecule has 0 heterocycles. The van der Waals surface area contributed by atoms with E-state index in [0.29, 0.717) is 36.0 Å². The number of hydrogen-bond donors (Lipinski definition) is 3. The van der Waals surface area contributed by atoms with Crippen molar-refractivity contribution < 1.29 is 20.2 Å². The van der Waals surface area contributed by atoms with E-state index in [1.165, 1.54) is 6.07 Å². The normalized spacial score (nSPS) is 11.7. The van der Waals surface area contributed by atoms with Crippen LogP contribution >= 0.6 is 0 Å². The summed E-state index contributed by atoms with van der Waals surface area (Å²) in [5, 5.41) is 39.4. The van der Waals surface area contributed by atoms with Crippen LogP contribution in [-0.2, 0) is 25.2 Å². The Bertz CT molecular complexity index is 491. The van der Waals surface area contributed by atoms with E-state index in [0.717, 1.165) is 0 Å². The third-order valence-electron chi connectivity index (χ3n) is 3.23. The maximum atomic E-state index is 11.2. The lowest BCUT2D eigenvalue weighted by atomic mass is 9.90. The van der Waals surface area contributed by atoms with E-state index in [4.69, 9.17) is 0 Å². The first-order chi connectivity index (χ1) is 8.77. The summed E-state index contributed by atoms with van der Waals surface area (Å²) in [4.78, 5) is 10.8. The number of hydrogen-bond acceptors (Lipinski definition) is 5. The molecular formula is C13H19NO5. The minimum atomic E-state index is -2.98. The standard InChI is InChI=1S/C13H19NO5/c1-4-8-7-11(13(15,16)17)9(5-2)10(6-3)12(8)14(18)19/h7,15-17H,4-6H2,1-3H3. The fourth-order valence-electron chi connectivity index (χ4n) is 2.41. The number of nitrogens with zero attached hydrogens (tertiary/aromatic N) is 1. The molecule has 0 fully saturated rings. The molecule has 0 aliphatic rings. The van der Waals surface area contributed by atoms with Gasteiger partial charge in [0.15, 0.2) is 0 Å². The van der Waals surface area contributed by atoms with Gasteiger partial charge in [-0.05, 0) is 30.9 Å². The Morgan fingerprint density at radius 3 is 1.95 bits per heavy atom. The summed E-state index contributed by atoms with van der Waals surface area (Å²) >= 11 is 0.